The SMILES string of the molecule is CCN(CC)c1ccc(-c2nc3n(n2)C(c2sccc2C)C(C(=O)Nc2ccccc2OC)=C(C)N3)cc1. The molecule has 0 spiro atoms. The maximum atomic E-state index is 13.8. The van der Waals surface area contributed by atoms with E-state index in [-0.39, 0.29) is 5.91 Å². The summed E-state index contributed by atoms with van der Waals surface area (Å²) in [5, 5.41) is 13.3. The highest BCUT2D eigenvalue weighted by Crippen LogP contribution is 2.40. The summed E-state index contributed by atoms with van der Waals surface area (Å²) in [6.45, 7) is 10.2. The van der Waals surface area contributed by atoms with E-state index in [9.17, 15) is 4.79 Å². The van der Waals surface area contributed by atoms with E-state index in [1.165, 1.54) is 5.69 Å². The number of amides is 1. The maximum Gasteiger partial charge on any atom is 0.256 e. The van der Waals surface area contributed by atoms with E-state index in [0.29, 0.717) is 28.8 Å². The minimum atomic E-state index is -0.419. The van der Waals surface area contributed by atoms with Crippen molar-refractivity contribution in [3.05, 3.63) is 81.7 Å². The van der Waals surface area contributed by atoms with Crippen LogP contribution in [0.4, 0.5) is 17.3 Å². The zero-order valence-corrected chi connectivity index (χ0v) is 23.1. The third-order valence-corrected chi connectivity index (χ3v) is 7.93. The number of fused-ring (bicyclic) bond motifs is 1. The second-order valence-corrected chi connectivity index (χ2v) is 10.1. The molecule has 38 heavy (non-hydrogen) atoms. The molecule has 4 aromatic rings. The lowest BCUT2D eigenvalue weighted by Gasteiger charge is -2.28. The van der Waals surface area contributed by atoms with Crippen molar-refractivity contribution in [3.8, 4) is 17.1 Å². The third-order valence-electron chi connectivity index (χ3n) is 6.86. The van der Waals surface area contributed by atoms with Gasteiger partial charge in [-0.25, -0.2) is 4.68 Å². The van der Waals surface area contributed by atoms with Gasteiger partial charge in [0, 0.05) is 34.9 Å². The lowest BCUT2D eigenvalue weighted by atomic mass is 9.98. The smallest absolute Gasteiger partial charge is 0.256 e. The second-order valence-electron chi connectivity index (χ2n) is 9.11. The molecule has 1 aliphatic heterocycles. The molecule has 1 aliphatic rings. The molecule has 0 fully saturated rings. The van der Waals surface area contributed by atoms with Gasteiger partial charge in [-0.2, -0.15) is 4.98 Å². The average molecular weight is 529 g/mol. The largest absolute Gasteiger partial charge is 0.495 e. The van der Waals surface area contributed by atoms with Gasteiger partial charge in [0.2, 0.25) is 5.95 Å². The van der Waals surface area contributed by atoms with Gasteiger partial charge < -0.3 is 20.3 Å². The quantitative estimate of drug-likeness (QED) is 0.288. The number of para-hydroxylation sites is 2. The standard InChI is InChI=1S/C29H32N6O2S/c1-6-34(7-2)21-14-12-20(13-15-21)27-32-29-30-19(4)24(25(35(29)33-27)26-18(3)16-17-38-26)28(36)31-22-10-8-9-11-23(22)37-5/h8-17,25H,6-7H2,1-5H3,(H,31,36)(H,30,32,33). The topological polar surface area (TPSA) is 84.3 Å². The summed E-state index contributed by atoms with van der Waals surface area (Å²) in [5.41, 5.74) is 5.12. The Bertz CT molecular complexity index is 1480. The van der Waals surface area contributed by atoms with Crippen LogP contribution in [0.2, 0.25) is 0 Å². The molecule has 0 bridgehead atoms. The highest BCUT2D eigenvalue weighted by molar-refractivity contribution is 7.10. The molecule has 2 aromatic heterocycles. The van der Waals surface area contributed by atoms with E-state index in [1.807, 2.05) is 41.3 Å². The summed E-state index contributed by atoms with van der Waals surface area (Å²) in [6.07, 6.45) is 0. The lowest BCUT2D eigenvalue weighted by molar-refractivity contribution is -0.113. The van der Waals surface area contributed by atoms with Gasteiger partial charge in [0.25, 0.3) is 5.91 Å². The van der Waals surface area contributed by atoms with Crippen molar-refractivity contribution >= 4 is 34.6 Å². The number of methoxy groups -OCH3 is 1. The Balaban J connectivity index is 1.54. The van der Waals surface area contributed by atoms with Gasteiger partial charge in [-0.1, -0.05) is 12.1 Å². The number of thiophene rings is 1. The molecule has 196 valence electrons. The zero-order valence-electron chi connectivity index (χ0n) is 22.3. The Kier molecular flexibility index (Phi) is 7.20. The fourth-order valence-corrected chi connectivity index (χ4v) is 5.84. The van der Waals surface area contributed by atoms with Crippen LogP contribution in [-0.2, 0) is 4.79 Å². The number of hydrogen-bond donors (Lipinski definition) is 2. The number of benzene rings is 2. The van der Waals surface area contributed by atoms with Crippen molar-refractivity contribution < 1.29 is 9.53 Å². The van der Waals surface area contributed by atoms with Crippen molar-refractivity contribution in [2.24, 2.45) is 0 Å². The monoisotopic (exact) mass is 528 g/mol. The van der Waals surface area contributed by atoms with Gasteiger partial charge in [0.15, 0.2) is 5.82 Å². The average Bonchev–Trinajstić information content (AvgIpc) is 3.55. The summed E-state index contributed by atoms with van der Waals surface area (Å²) < 4.78 is 7.28. The van der Waals surface area contributed by atoms with Crippen molar-refractivity contribution in [1.29, 1.82) is 0 Å². The van der Waals surface area contributed by atoms with E-state index >= 15 is 0 Å². The minimum absolute atomic E-state index is 0.219. The van der Waals surface area contributed by atoms with Crippen LogP contribution in [0.1, 0.15) is 37.3 Å². The molecule has 0 radical (unpaired) electrons. The minimum Gasteiger partial charge on any atom is -0.495 e. The summed E-state index contributed by atoms with van der Waals surface area (Å²) in [4.78, 5) is 22.0. The van der Waals surface area contributed by atoms with Crippen LogP contribution < -0.4 is 20.3 Å². The summed E-state index contributed by atoms with van der Waals surface area (Å²) in [5.74, 6) is 1.60. The molecular formula is C29H32N6O2S. The first-order valence-electron chi connectivity index (χ1n) is 12.7. The molecular weight excluding hydrogens is 496 g/mol. The van der Waals surface area contributed by atoms with Crippen molar-refractivity contribution in [2.75, 3.05) is 35.7 Å². The molecule has 2 N–H and O–H groups in total. The first-order chi connectivity index (χ1) is 18.4. The number of anilines is 3. The molecule has 5 rings (SSSR count). The van der Waals surface area contributed by atoms with Crippen LogP contribution >= 0.6 is 11.3 Å². The summed E-state index contributed by atoms with van der Waals surface area (Å²) in [7, 11) is 1.59. The molecule has 2 aromatic carbocycles. The van der Waals surface area contributed by atoms with Gasteiger partial charge in [-0.05, 0) is 81.1 Å². The Morgan fingerprint density at radius 1 is 1.11 bits per heavy atom. The number of aryl methyl sites for hydroxylation is 1. The molecule has 0 aliphatic carbocycles. The molecule has 1 amide bonds. The Morgan fingerprint density at radius 3 is 2.50 bits per heavy atom. The van der Waals surface area contributed by atoms with E-state index in [0.717, 1.165) is 34.8 Å². The molecule has 1 atom stereocenters. The lowest BCUT2D eigenvalue weighted by Crippen LogP contribution is -2.31. The van der Waals surface area contributed by atoms with E-state index in [2.05, 4.69) is 66.6 Å². The Labute approximate surface area is 227 Å². The van der Waals surface area contributed by atoms with Crippen LogP contribution in [0.3, 0.4) is 0 Å². The predicted octanol–water partition coefficient (Wildman–Crippen LogP) is 6.10. The van der Waals surface area contributed by atoms with E-state index < -0.39 is 6.04 Å². The van der Waals surface area contributed by atoms with E-state index in [1.54, 1.807) is 18.4 Å². The number of carbonyl (C=O) groups is 1. The number of hydrogen-bond acceptors (Lipinski definition) is 7. The third kappa shape index (κ3) is 4.65. The number of carbonyl (C=O) groups excluding carboxylic acids is 1. The number of nitrogens with zero attached hydrogens (tertiary/aromatic N) is 4. The van der Waals surface area contributed by atoms with Crippen molar-refractivity contribution in [1.82, 2.24) is 14.8 Å². The van der Waals surface area contributed by atoms with Crippen LogP contribution in [0.25, 0.3) is 11.4 Å². The maximum absolute atomic E-state index is 13.8. The molecule has 1 unspecified atom stereocenters. The van der Waals surface area contributed by atoms with Gasteiger partial charge in [0.05, 0.1) is 18.4 Å². The van der Waals surface area contributed by atoms with Crippen LogP contribution in [0, 0.1) is 6.92 Å². The summed E-state index contributed by atoms with van der Waals surface area (Å²) in [6, 6.07) is 17.3. The molecule has 8 nitrogen and oxygen atoms in total. The highest BCUT2D eigenvalue weighted by Gasteiger charge is 2.36. The molecule has 3 heterocycles. The molecule has 9 heteroatoms. The Morgan fingerprint density at radius 2 is 1.84 bits per heavy atom. The number of allylic oxidation sites excluding steroid dienone is 1. The van der Waals surface area contributed by atoms with Crippen molar-refractivity contribution in [2.45, 2.75) is 33.7 Å². The number of aromatic nitrogens is 3. The van der Waals surface area contributed by atoms with Crippen molar-refractivity contribution in [3.63, 3.8) is 0 Å². The first kappa shape index (κ1) is 25.5. The van der Waals surface area contributed by atoms with Gasteiger partial charge >= 0.3 is 0 Å². The number of nitrogens with one attached hydrogen (secondary N) is 2. The molecule has 0 saturated carbocycles. The van der Waals surface area contributed by atoms with Gasteiger partial charge in [0.1, 0.15) is 11.8 Å². The number of rotatable bonds is 8. The van der Waals surface area contributed by atoms with Gasteiger partial charge in [-0.15, -0.1) is 16.4 Å². The summed E-state index contributed by atoms with van der Waals surface area (Å²) >= 11 is 1.61. The highest BCUT2D eigenvalue weighted by atomic mass is 32.1. The predicted molar refractivity (Wildman–Crippen MR) is 154 cm³/mol. The normalized spacial score (nSPS) is 14.6. The van der Waals surface area contributed by atoms with Crippen LogP contribution in [0.5, 0.6) is 5.75 Å². The fraction of sp³-hybridized carbons (Fsp3) is 0.276. The Hall–Kier alpha value is -4.11. The fourth-order valence-electron chi connectivity index (χ4n) is 4.82. The zero-order chi connectivity index (χ0) is 26.8. The second kappa shape index (κ2) is 10.7. The first-order valence-corrected chi connectivity index (χ1v) is 13.6. The van der Waals surface area contributed by atoms with Crippen LogP contribution in [0.15, 0.2) is 71.2 Å². The molecule has 0 saturated heterocycles. The van der Waals surface area contributed by atoms with Crippen LogP contribution in [-0.4, -0.2) is 40.9 Å². The van der Waals surface area contributed by atoms with E-state index in [4.69, 9.17) is 14.8 Å². The number of ether oxygens (including phenoxy) is 1. The van der Waals surface area contributed by atoms with Gasteiger partial charge in [-0.3, -0.25) is 4.79 Å².